The Hall–Kier alpha value is -1.92. The van der Waals surface area contributed by atoms with E-state index in [1.165, 1.54) is 11.1 Å². The van der Waals surface area contributed by atoms with Gasteiger partial charge in [0.15, 0.2) is 0 Å². The first-order chi connectivity index (χ1) is 10.5. The Bertz CT molecular complexity index is 594. The second-order valence-corrected chi connectivity index (χ2v) is 6.08. The van der Waals surface area contributed by atoms with E-state index >= 15 is 0 Å². The number of benzene rings is 1. The lowest BCUT2D eigenvalue weighted by molar-refractivity contribution is 0.342. The van der Waals surface area contributed by atoms with E-state index in [1.807, 2.05) is 30.9 Å². The molecule has 0 aliphatic rings. The molecule has 0 amide bonds. The number of rotatable bonds is 7. The summed E-state index contributed by atoms with van der Waals surface area (Å²) in [4.78, 5) is 6.16. The van der Waals surface area contributed by atoms with Gasteiger partial charge in [-0.3, -0.25) is 0 Å². The third-order valence-electron chi connectivity index (χ3n) is 3.25. The maximum Gasteiger partial charge on any atom is 0.318 e. The predicted octanol–water partition coefficient (Wildman–Crippen LogP) is 1.83. The lowest BCUT2D eigenvalue weighted by atomic mass is 10.1. The molecule has 1 aromatic heterocycles. The monoisotopic (exact) mass is 303 g/mol. The topological polar surface area (TPSA) is 48.6 Å². The molecule has 2 aromatic rings. The lowest BCUT2D eigenvalue weighted by Crippen LogP contribution is -2.19. The minimum atomic E-state index is 0.552. The van der Waals surface area contributed by atoms with Gasteiger partial charge in [-0.05, 0) is 39.3 Å². The highest BCUT2D eigenvalue weighted by molar-refractivity contribution is 5.32. The number of anilines is 1. The SMILES string of the molecule is CN(C)Cc1nnc(N(C)Cc2ccccc2CN(C)C)o1. The van der Waals surface area contributed by atoms with E-state index in [-0.39, 0.29) is 0 Å². The van der Waals surface area contributed by atoms with Crippen molar-refractivity contribution in [3.05, 3.63) is 41.3 Å². The number of hydrogen-bond donors (Lipinski definition) is 0. The lowest BCUT2D eigenvalue weighted by Gasteiger charge is -2.18. The average molecular weight is 303 g/mol. The second-order valence-electron chi connectivity index (χ2n) is 6.08. The molecule has 1 heterocycles. The summed E-state index contributed by atoms with van der Waals surface area (Å²) < 4.78 is 5.70. The molecule has 0 N–H and O–H groups in total. The number of nitrogens with zero attached hydrogens (tertiary/aromatic N) is 5. The summed E-state index contributed by atoms with van der Waals surface area (Å²) in [6, 6.07) is 9.00. The van der Waals surface area contributed by atoms with Crippen LogP contribution in [-0.2, 0) is 19.6 Å². The third kappa shape index (κ3) is 4.54. The molecule has 2 rings (SSSR count). The molecule has 0 unspecified atom stereocenters. The van der Waals surface area contributed by atoms with E-state index in [0.29, 0.717) is 18.5 Å². The van der Waals surface area contributed by atoms with Crippen LogP contribution in [0.5, 0.6) is 0 Å². The van der Waals surface area contributed by atoms with Crippen LogP contribution in [0.25, 0.3) is 0 Å². The van der Waals surface area contributed by atoms with Crippen LogP contribution < -0.4 is 4.90 Å². The van der Waals surface area contributed by atoms with Crippen molar-refractivity contribution in [2.24, 2.45) is 0 Å². The predicted molar refractivity (Wildman–Crippen MR) is 87.6 cm³/mol. The van der Waals surface area contributed by atoms with Crippen LogP contribution in [0.1, 0.15) is 17.0 Å². The summed E-state index contributed by atoms with van der Waals surface area (Å²) >= 11 is 0. The average Bonchev–Trinajstić information content (AvgIpc) is 2.88. The molecular formula is C16H25N5O. The molecule has 1 aromatic carbocycles. The van der Waals surface area contributed by atoms with Crippen LogP contribution in [-0.4, -0.2) is 55.2 Å². The first kappa shape index (κ1) is 16.5. The van der Waals surface area contributed by atoms with Crippen molar-refractivity contribution in [2.45, 2.75) is 19.6 Å². The van der Waals surface area contributed by atoms with E-state index in [2.05, 4.69) is 53.5 Å². The largest absolute Gasteiger partial charge is 0.407 e. The fourth-order valence-corrected chi connectivity index (χ4v) is 2.26. The summed E-state index contributed by atoms with van der Waals surface area (Å²) in [5, 5.41) is 8.21. The molecular weight excluding hydrogens is 278 g/mol. The second kappa shape index (κ2) is 7.38. The molecule has 0 atom stereocenters. The van der Waals surface area contributed by atoms with Crippen molar-refractivity contribution in [3.63, 3.8) is 0 Å². The summed E-state index contributed by atoms with van der Waals surface area (Å²) in [5.74, 6) is 0.633. The molecule has 0 saturated heterocycles. The molecule has 6 nitrogen and oxygen atoms in total. The highest BCUT2D eigenvalue weighted by Crippen LogP contribution is 2.17. The maximum absolute atomic E-state index is 5.70. The Kier molecular flexibility index (Phi) is 5.51. The van der Waals surface area contributed by atoms with E-state index in [9.17, 15) is 0 Å². The molecule has 0 spiro atoms. The van der Waals surface area contributed by atoms with Crippen LogP contribution in [0.4, 0.5) is 6.01 Å². The van der Waals surface area contributed by atoms with Crippen molar-refractivity contribution in [2.75, 3.05) is 40.1 Å². The zero-order valence-corrected chi connectivity index (χ0v) is 14.1. The smallest absolute Gasteiger partial charge is 0.318 e. The van der Waals surface area contributed by atoms with Gasteiger partial charge >= 0.3 is 6.01 Å². The number of aromatic nitrogens is 2. The molecule has 120 valence electrons. The van der Waals surface area contributed by atoms with Crippen molar-refractivity contribution in [3.8, 4) is 0 Å². The highest BCUT2D eigenvalue weighted by Gasteiger charge is 2.13. The fourth-order valence-electron chi connectivity index (χ4n) is 2.26. The van der Waals surface area contributed by atoms with Gasteiger partial charge in [0.2, 0.25) is 5.89 Å². The molecule has 22 heavy (non-hydrogen) atoms. The van der Waals surface area contributed by atoms with Gasteiger partial charge < -0.3 is 19.1 Å². The standard InChI is InChI=1S/C16H25N5O/c1-19(2)10-13-8-6-7-9-14(13)11-21(5)16-18-17-15(22-16)12-20(3)4/h6-9H,10-12H2,1-5H3. The first-order valence-electron chi connectivity index (χ1n) is 7.35. The van der Waals surface area contributed by atoms with Crippen LogP contribution in [0.2, 0.25) is 0 Å². The molecule has 0 bridgehead atoms. The highest BCUT2D eigenvalue weighted by atomic mass is 16.4. The number of hydrogen-bond acceptors (Lipinski definition) is 6. The Morgan fingerprint density at radius 1 is 0.818 bits per heavy atom. The van der Waals surface area contributed by atoms with E-state index in [1.54, 1.807) is 0 Å². The minimum Gasteiger partial charge on any atom is -0.407 e. The Morgan fingerprint density at radius 2 is 1.41 bits per heavy atom. The van der Waals surface area contributed by atoms with Gasteiger partial charge in [0, 0.05) is 20.1 Å². The molecule has 0 fully saturated rings. The Morgan fingerprint density at radius 3 is 2.00 bits per heavy atom. The van der Waals surface area contributed by atoms with E-state index in [0.717, 1.165) is 13.1 Å². The van der Waals surface area contributed by atoms with Gasteiger partial charge in [0.25, 0.3) is 0 Å². The molecule has 6 heteroatoms. The van der Waals surface area contributed by atoms with Crippen molar-refractivity contribution in [1.29, 1.82) is 0 Å². The van der Waals surface area contributed by atoms with E-state index < -0.39 is 0 Å². The maximum atomic E-state index is 5.70. The van der Waals surface area contributed by atoms with Crippen molar-refractivity contribution in [1.82, 2.24) is 20.0 Å². The Labute approximate surface area is 132 Å². The first-order valence-corrected chi connectivity index (χ1v) is 7.35. The van der Waals surface area contributed by atoms with Crippen LogP contribution in [0.3, 0.4) is 0 Å². The summed E-state index contributed by atoms with van der Waals surface area (Å²) in [6.45, 7) is 2.31. The van der Waals surface area contributed by atoms with Crippen LogP contribution in [0.15, 0.2) is 28.7 Å². The minimum absolute atomic E-state index is 0.552. The normalized spacial score (nSPS) is 11.4. The Balaban J connectivity index is 2.08. The van der Waals surface area contributed by atoms with Gasteiger partial charge in [0.1, 0.15) is 0 Å². The van der Waals surface area contributed by atoms with Gasteiger partial charge in [-0.25, -0.2) is 0 Å². The fraction of sp³-hybridized carbons (Fsp3) is 0.500. The van der Waals surface area contributed by atoms with Crippen LogP contribution >= 0.6 is 0 Å². The quantitative estimate of drug-likeness (QED) is 0.778. The van der Waals surface area contributed by atoms with Crippen LogP contribution in [0, 0.1) is 0 Å². The summed E-state index contributed by atoms with van der Waals surface area (Å²) in [5.41, 5.74) is 2.58. The zero-order valence-electron chi connectivity index (χ0n) is 14.1. The van der Waals surface area contributed by atoms with Gasteiger partial charge in [0.05, 0.1) is 6.54 Å². The summed E-state index contributed by atoms with van der Waals surface area (Å²) in [6.07, 6.45) is 0. The molecule has 0 aliphatic heterocycles. The van der Waals surface area contributed by atoms with Crippen molar-refractivity contribution >= 4 is 6.01 Å². The molecule has 0 radical (unpaired) electrons. The van der Waals surface area contributed by atoms with Gasteiger partial charge in [-0.1, -0.05) is 29.4 Å². The molecule has 0 aliphatic carbocycles. The van der Waals surface area contributed by atoms with E-state index in [4.69, 9.17) is 4.42 Å². The zero-order chi connectivity index (χ0) is 16.1. The third-order valence-corrected chi connectivity index (χ3v) is 3.25. The van der Waals surface area contributed by atoms with Gasteiger partial charge in [-0.15, -0.1) is 5.10 Å². The molecule has 0 saturated carbocycles. The van der Waals surface area contributed by atoms with Gasteiger partial charge in [-0.2, -0.15) is 0 Å². The summed E-state index contributed by atoms with van der Waals surface area (Å²) in [7, 11) is 10.1. The van der Waals surface area contributed by atoms with Crippen molar-refractivity contribution < 1.29 is 4.42 Å².